The number of carbonyl (C=O) groups is 1. The summed E-state index contributed by atoms with van der Waals surface area (Å²) in [6.45, 7) is 0.657. The predicted octanol–water partition coefficient (Wildman–Crippen LogP) is 0.890. The van der Waals surface area contributed by atoms with Gasteiger partial charge in [0.05, 0.1) is 17.2 Å². The van der Waals surface area contributed by atoms with Crippen LogP contribution in [0.2, 0.25) is 0 Å². The Morgan fingerprint density at radius 3 is 2.96 bits per heavy atom. The quantitative estimate of drug-likeness (QED) is 0.852. The Kier molecular flexibility index (Phi) is 4.74. The van der Waals surface area contributed by atoms with E-state index < -0.39 is 0 Å². The molecule has 138 valence electrons. The fourth-order valence-electron chi connectivity index (χ4n) is 4.20. The van der Waals surface area contributed by atoms with Crippen molar-refractivity contribution in [3.05, 3.63) is 40.9 Å². The van der Waals surface area contributed by atoms with E-state index in [0.29, 0.717) is 29.4 Å². The lowest BCUT2D eigenvalue weighted by Crippen LogP contribution is -2.44. The number of likely N-dealkylation sites (N-methyl/N-ethyl adjacent to an activating group) is 1. The number of hydrazine groups is 1. The molecule has 1 aromatic carbocycles. The fraction of sp³-hybridized carbons (Fsp3) is 0.526. The monoisotopic (exact) mass is 355 g/mol. The maximum atomic E-state index is 12.6. The van der Waals surface area contributed by atoms with Crippen LogP contribution in [0, 0.1) is 5.92 Å². The number of hydrogen-bond acceptors (Lipinski definition) is 5. The second kappa shape index (κ2) is 7.17. The van der Waals surface area contributed by atoms with Gasteiger partial charge in [-0.05, 0) is 30.9 Å². The van der Waals surface area contributed by atoms with E-state index in [0.717, 1.165) is 0 Å². The average Bonchev–Trinajstić information content (AvgIpc) is 3.07. The molecule has 2 heterocycles. The molecule has 0 bridgehead atoms. The van der Waals surface area contributed by atoms with Crippen LogP contribution in [0.5, 0.6) is 0 Å². The van der Waals surface area contributed by atoms with Crippen molar-refractivity contribution in [3.8, 4) is 0 Å². The summed E-state index contributed by atoms with van der Waals surface area (Å²) in [7, 11) is 1.81. The summed E-state index contributed by atoms with van der Waals surface area (Å²) in [6, 6.07) is 7.98. The van der Waals surface area contributed by atoms with Crippen molar-refractivity contribution in [2.75, 3.05) is 13.6 Å². The van der Waals surface area contributed by atoms with Gasteiger partial charge in [0, 0.05) is 25.7 Å². The molecule has 1 saturated heterocycles. The summed E-state index contributed by atoms with van der Waals surface area (Å²) in [5.74, 6) is 0.495. The molecule has 7 heteroatoms. The first kappa shape index (κ1) is 17.2. The molecule has 0 spiro atoms. The summed E-state index contributed by atoms with van der Waals surface area (Å²) in [5, 5.41) is 0.539. The minimum absolute atomic E-state index is 0.0153. The van der Waals surface area contributed by atoms with E-state index in [2.05, 4.69) is 15.8 Å². The third-order valence-corrected chi connectivity index (χ3v) is 5.72. The van der Waals surface area contributed by atoms with E-state index in [1.807, 2.05) is 12.1 Å². The lowest BCUT2D eigenvalue weighted by atomic mass is 9.81. The Balaban J connectivity index is 1.43. The molecule has 1 saturated carbocycles. The highest BCUT2D eigenvalue weighted by Gasteiger charge is 2.37. The topological polar surface area (TPSA) is 79.3 Å². The number of nitrogens with zero attached hydrogens (tertiary/aromatic N) is 3. The van der Waals surface area contributed by atoms with Gasteiger partial charge in [0.15, 0.2) is 0 Å². The highest BCUT2D eigenvalue weighted by molar-refractivity contribution is 5.78. The van der Waals surface area contributed by atoms with E-state index in [-0.39, 0.29) is 24.1 Å². The highest BCUT2D eigenvalue weighted by atomic mass is 16.2. The molecule has 2 N–H and O–H groups in total. The second-order valence-corrected chi connectivity index (χ2v) is 7.42. The maximum absolute atomic E-state index is 12.6. The van der Waals surface area contributed by atoms with Crippen molar-refractivity contribution >= 4 is 16.8 Å². The zero-order valence-electron chi connectivity index (χ0n) is 15.0. The largest absolute Gasteiger partial charge is 0.343 e. The van der Waals surface area contributed by atoms with Gasteiger partial charge in [-0.1, -0.05) is 25.0 Å². The van der Waals surface area contributed by atoms with Crippen molar-refractivity contribution < 1.29 is 4.79 Å². The lowest BCUT2D eigenvalue weighted by Gasteiger charge is -2.29. The van der Waals surface area contributed by atoms with Gasteiger partial charge in [-0.15, -0.1) is 0 Å². The molecule has 26 heavy (non-hydrogen) atoms. The van der Waals surface area contributed by atoms with Crippen LogP contribution in [0.25, 0.3) is 10.9 Å². The molecule has 0 radical (unpaired) electrons. The van der Waals surface area contributed by atoms with Crippen LogP contribution in [0.3, 0.4) is 0 Å². The average molecular weight is 355 g/mol. The smallest absolute Gasteiger partial charge is 0.261 e. The van der Waals surface area contributed by atoms with Crippen molar-refractivity contribution in [1.82, 2.24) is 25.3 Å². The van der Waals surface area contributed by atoms with Crippen LogP contribution in [0.15, 0.2) is 35.4 Å². The first-order valence-corrected chi connectivity index (χ1v) is 9.32. The standard InChI is InChI=1S/C19H25N5O2/c1-23(10-17-13-6-2-5-9-16(13)21-22-17)18(25)11-24-12-20-15-8-4-3-7-14(15)19(24)26/h3-4,7-8,12-13,16-17,21-22H,2,5-6,9-11H2,1H3. The molecule has 3 unspecified atom stereocenters. The predicted molar refractivity (Wildman–Crippen MR) is 99.4 cm³/mol. The number of para-hydroxylation sites is 1. The number of hydrogen-bond donors (Lipinski definition) is 2. The molecule has 2 aromatic rings. The summed E-state index contributed by atoms with van der Waals surface area (Å²) >= 11 is 0. The molecular weight excluding hydrogens is 330 g/mol. The number of benzene rings is 1. The van der Waals surface area contributed by atoms with Gasteiger partial charge in [0.2, 0.25) is 5.91 Å². The molecule has 1 amide bonds. The molecule has 7 nitrogen and oxygen atoms in total. The van der Waals surface area contributed by atoms with Gasteiger partial charge < -0.3 is 4.90 Å². The summed E-state index contributed by atoms with van der Waals surface area (Å²) in [5.41, 5.74) is 7.21. The number of nitrogens with one attached hydrogen (secondary N) is 2. The zero-order valence-corrected chi connectivity index (χ0v) is 15.0. The van der Waals surface area contributed by atoms with Gasteiger partial charge >= 0.3 is 0 Å². The Labute approximate surface area is 152 Å². The Hall–Kier alpha value is -2.25. The van der Waals surface area contributed by atoms with Gasteiger partial charge in [-0.3, -0.25) is 25.0 Å². The van der Waals surface area contributed by atoms with Crippen molar-refractivity contribution in [1.29, 1.82) is 0 Å². The summed E-state index contributed by atoms with van der Waals surface area (Å²) in [4.78, 5) is 31.2. The summed E-state index contributed by atoms with van der Waals surface area (Å²) in [6.07, 6.45) is 6.39. The van der Waals surface area contributed by atoms with Crippen molar-refractivity contribution in [2.24, 2.45) is 5.92 Å². The first-order valence-electron chi connectivity index (χ1n) is 9.32. The highest BCUT2D eigenvalue weighted by Crippen LogP contribution is 2.30. The molecule has 2 aliphatic rings. The van der Waals surface area contributed by atoms with Crippen LogP contribution < -0.4 is 16.4 Å². The minimum Gasteiger partial charge on any atom is -0.343 e. The number of carbonyl (C=O) groups excluding carboxylic acids is 1. The normalized spacial score (nSPS) is 25.2. The van der Waals surface area contributed by atoms with E-state index >= 15 is 0 Å². The Morgan fingerprint density at radius 1 is 1.27 bits per heavy atom. The number of amides is 1. The summed E-state index contributed by atoms with van der Waals surface area (Å²) < 4.78 is 1.39. The van der Waals surface area contributed by atoms with Gasteiger partial charge in [-0.2, -0.15) is 0 Å². The van der Waals surface area contributed by atoms with Crippen LogP contribution in [0.1, 0.15) is 25.7 Å². The van der Waals surface area contributed by atoms with E-state index in [9.17, 15) is 9.59 Å². The molecule has 4 rings (SSSR count). The fourth-order valence-corrected chi connectivity index (χ4v) is 4.20. The Bertz CT molecular complexity index is 864. The van der Waals surface area contributed by atoms with Crippen LogP contribution >= 0.6 is 0 Å². The minimum atomic E-state index is -0.176. The van der Waals surface area contributed by atoms with E-state index in [4.69, 9.17) is 0 Å². The zero-order chi connectivity index (χ0) is 18.1. The molecule has 1 aliphatic carbocycles. The van der Waals surface area contributed by atoms with Gasteiger partial charge in [-0.25, -0.2) is 4.98 Å². The second-order valence-electron chi connectivity index (χ2n) is 7.42. The lowest BCUT2D eigenvalue weighted by molar-refractivity contribution is -0.131. The molecule has 1 aliphatic heterocycles. The third kappa shape index (κ3) is 3.24. The SMILES string of the molecule is CN(CC1NNC2CCCCC21)C(=O)Cn1cnc2ccccc2c1=O. The number of fused-ring (bicyclic) bond motifs is 2. The van der Waals surface area contributed by atoms with E-state index in [1.54, 1.807) is 24.1 Å². The maximum Gasteiger partial charge on any atom is 0.261 e. The van der Waals surface area contributed by atoms with E-state index in [1.165, 1.54) is 36.6 Å². The van der Waals surface area contributed by atoms with Crippen molar-refractivity contribution in [2.45, 2.75) is 44.3 Å². The molecule has 1 aromatic heterocycles. The number of rotatable bonds is 4. The molecule has 3 atom stereocenters. The van der Waals surface area contributed by atoms with Gasteiger partial charge in [0.1, 0.15) is 6.54 Å². The molecular formula is C19H25N5O2. The van der Waals surface area contributed by atoms with Crippen LogP contribution in [0.4, 0.5) is 0 Å². The van der Waals surface area contributed by atoms with Gasteiger partial charge in [0.25, 0.3) is 5.56 Å². The Morgan fingerprint density at radius 2 is 2.08 bits per heavy atom. The van der Waals surface area contributed by atoms with Crippen LogP contribution in [-0.2, 0) is 11.3 Å². The molecule has 2 fully saturated rings. The number of aromatic nitrogens is 2. The van der Waals surface area contributed by atoms with Crippen molar-refractivity contribution in [3.63, 3.8) is 0 Å². The van der Waals surface area contributed by atoms with Crippen LogP contribution in [-0.4, -0.2) is 46.0 Å². The first-order chi connectivity index (χ1) is 12.6. The third-order valence-electron chi connectivity index (χ3n) is 5.72.